The largest absolute Gasteiger partial charge is 0.394 e. The maximum atomic E-state index is 13.0. The van der Waals surface area contributed by atoms with E-state index in [-0.39, 0.29) is 18.9 Å². The standard InChI is InChI=1S/C43H81NO18/c1-3-5-7-9-10-11-12-13-14-15-17-18-20-27(48)26(44-31(49)21-19-16-8-6-4-2)25-57-41-37(55)34(52)39(29(23-46)59-41)62-43-38(56)35(53)40(30(24-47)60-43)61-42-36(54)33(51)32(50)28(22-45)58-42/h26-30,32-43,45-48,50-56H,3-25H2,1-2H3,(H,44,49). The topological polar surface area (TPSA) is 307 Å². The van der Waals surface area contributed by atoms with E-state index in [1.165, 1.54) is 51.4 Å². The summed E-state index contributed by atoms with van der Waals surface area (Å²) in [5.74, 6) is -0.258. The molecule has 0 aromatic heterocycles. The van der Waals surface area contributed by atoms with Crippen LogP contribution in [0.5, 0.6) is 0 Å². The summed E-state index contributed by atoms with van der Waals surface area (Å²) in [6, 6.07) is -0.874. The van der Waals surface area contributed by atoms with Gasteiger partial charge in [-0.2, -0.15) is 0 Å². The minimum Gasteiger partial charge on any atom is -0.394 e. The van der Waals surface area contributed by atoms with Crippen molar-refractivity contribution >= 4 is 5.91 Å². The van der Waals surface area contributed by atoms with Crippen LogP contribution in [0.2, 0.25) is 0 Å². The predicted octanol–water partition coefficient (Wildman–Crippen LogP) is -0.251. The molecule has 1 amide bonds. The second-order valence-corrected chi connectivity index (χ2v) is 17.2. The van der Waals surface area contributed by atoms with Gasteiger partial charge < -0.3 is 89.9 Å². The second kappa shape index (κ2) is 30.1. The smallest absolute Gasteiger partial charge is 0.220 e. The Morgan fingerprint density at radius 3 is 1.40 bits per heavy atom. The maximum absolute atomic E-state index is 13.0. The first-order valence-electron chi connectivity index (χ1n) is 23.3. The Labute approximate surface area is 366 Å². The fraction of sp³-hybridized carbons (Fsp3) is 0.977. The van der Waals surface area contributed by atoms with Crippen LogP contribution in [0.4, 0.5) is 0 Å². The Morgan fingerprint density at radius 2 is 0.919 bits per heavy atom. The number of ether oxygens (including phenoxy) is 6. The molecule has 0 bridgehead atoms. The van der Waals surface area contributed by atoms with E-state index >= 15 is 0 Å². The highest BCUT2D eigenvalue weighted by molar-refractivity contribution is 5.76. The van der Waals surface area contributed by atoms with Crippen molar-refractivity contribution in [3.63, 3.8) is 0 Å². The summed E-state index contributed by atoms with van der Waals surface area (Å²) in [7, 11) is 0. The van der Waals surface area contributed by atoms with E-state index < -0.39 is 124 Å². The summed E-state index contributed by atoms with van der Waals surface area (Å²) in [6.45, 7) is 1.63. The highest BCUT2D eigenvalue weighted by atomic mass is 16.8. The maximum Gasteiger partial charge on any atom is 0.220 e. The van der Waals surface area contributed by atoms with E-state index in [1.807, 2.05) is 0 Å². The number of nitrogens with one attached hydrogen (secondary N) is 1. The Hall–Kier alpha value is -1.21. The summed E-state index contributed by atoms with van der Waals surface area (Å²) in [5.41, 5.74) is 0. The van der Waals surface area contributed by atoms with Gasteiger partial charge in [0.15, 0.2) is 18.9 Å². The number of rotatable bonds is 31. The molecule has 3 fully saturated rings. The zero-order valence-corrected chi connectivity index (χ0v) is 36.9. The number of amides is 1. The second-order valence-electron chi connectivity index (χ2n) is 17.2. The van der Waals surface area contributed by atoms with Gasteiger partial charge >= 0.3 is 0 Å². The lowest BCUT2D eigenvalue weighted by atomic mass is 9.96. The van der Waals surface area contributed by atoms with Crippen LogP contribution in [-0.4, -0.2) is 193 Å². The van der Waals surface area contributed by atoms with Gasteiger partial charge in [-0.25, -0.2) is 0 Å². The van der Waals surface area contributed by atoms with Crippen molar-refractivity contribution < 1.29 is 89.4 Å². The fourth-order valence-corrected chi connectivity index (χ4v) is 8.19. The number of hydrogen-bond acceptors (Lipinski definition) is 18. The summed E-state index contributed by atoms with van der Waals surface area (Å²) in [4.78, 5) is 13.0. The Balaban J connectivity index is 1.57. The van der Waals surface area contributed by atoms with Crippen LogP contribution in [0.15, 0.2) is 0 Å². The molecule has 0 aromatic carbocycles. The Bertz CT molecular complexity index is 1170. The van der Waals surface area contributed by atoms with Crippen molar-refractivity contribution in [3.8, 4) is 0 Å². The average molecular weight is 900 g/mol. The third kappa shape index (κ3) is 17.2. The summed E-state index contributed by atoms with van der Waals surface area (Å²) in [5, 5.41) is 119. The number of aliphatic hydroxyl groups is 11. The minimum atomic E-state index is -1.96. The van der Waals surface area contributed by atoms with Crippen LogP contribution in [0, 0.1) is 0 Å². The van der Waals surface area contributed by atoms with Gasteiger partial charge in [0.05, 0.1) is 38.6 Å². The zero-order valence-electron chi connectivity index (χ0n) is 36.9. The van der Waals surface area contributed by atoms with Gasteiger partial charge in [0.2, 0.25) is 5.91 Å². The van der Waals surface area contributed by atoms with E-state index in [9.17, 15) is 61.0 Å². The third-order valence-electron chi connectivity index (χ3n) is 12.2. The Kier molecular flexibility index (Phi) is 26.8. The monoisotopic (exact) mass is 900 g/mol. The van der Waals surface area contributed by atoms with Crippen molar-refractivity contribution in [2.45, 2.75) is 240 Å². The molecule has 3 rings (SSSR count). The minimum absolute atomic E-state index is 0.258. The lowest BCUT2D eigenvalue weighted by Crippen LogP contribution is -2.66. The van der Waals surface area contributed by atoms with Crippen molar-refractivity contribution in [2.24, 2.45) is 0 Å². The molecule has 62 heavy (non-hydrogen) atoms. The molecule has 0 aromatic rings. The molecule has 17 unspecified atom stereocenters. The van der Waals surface area contributed by atoms with Crippen molar-refractivity contribution in [1.29, 1.82) is 0 Å². The number of hydrogen-bond donors (Lipinski definition) is 12. The third-order valence-corrected chi connectivity index (χ3v) is 12.2. The Morgan fingerprint density at radius 1 is 0.516 bits per heavy atom. The van der Waals surface area contributed by atoms with E-state index in [0.717, 1.165) is 51.4 Å². The lowest BCUT2D eigenvalue weighted by Gasteiger charge is -2.48. The molecular formula is C43H81NO18. The molecular weight excluding hydrogens is 818 g/mol. The lowest BCUT2D eigenvalue weighted by molar-refractivity contribution is -0.379. The van der Waals surface area contributed by atoms with Crippen LogP contribution in [0.3, 0.4) is 0 Å². The first-order chi connectivity index (χ1) is 29.8. The number of carbonyl (C=O) groups is 1. The van der Waals surface area contributed by atoms with Crippen molar-refractivity contribution in [3.05, 3.63) is 0 Å². The average Bonchev–Trinajstić information content (AvgIpc) is 3.26. The van der Waals surface area contributed by atoms with Crippen LogP contribution in [0.1, 0.15) is 136 Å². The molecule has 19 nitrogen and oxygen atoms in total. The van der Waals surface area contributed by atoms with E-state index in [2.05, 4.69) is 19.2 Å². The SMILES string of the molecule is CCCCCCCCCCCCCCC(O)C(COC1OC(CO)C(OC2OC(CO)C(OC3OC(CO)C(O)C(O)C3O)C(O)C2O)C(O)C1O)NC(=O)CCCCCCC. The molecule has 17 atom stereocenters. The van der Waals surface area contributed by atoms with Crippen LogP contribution >= 0.6 is 0 Å². The van der Waals surface area contributed by atoms with Gasteiger partial charge in [-0.15, -0.1) is 0 Å². The van der Waals surface area contributed by atoms with E-state index in [1.54, 1.807) is 0 Å². The quantitative estimate of drug-likeness (QED) is 0.0399. The summed E-state index contributed by atoms with van der Waals surface area (Å²) < 4.78 is 34.0. The summed E-state index contributed by atoms with van der Waals surface area (Å²) in [6.07, 6.45) is -7.11. The molecule has 366 valence electrons. The fourth-order valence-electron chi connectivity index (χ4n) is 8.19. The molecule has 12 N–H and O–H groups in total. The van der Waals surface area contributed by atoms with Gasteiger partial charge in [0.1, 0.15) is 73.2 Å². The highest BCUT2D eigenvalue weighted by Crippen LogP contribution is 2.33. The summed E-state index contributed by atoms with van der Waals surface area (Å²) >= 11 is 0. The molecule has 0 saturated carbocycles. The zero-order chi connectivity index (χ0) is 45.6. The van der Waals surface area contributed by atoms with Gasteiger partial charge in [-0.1, -0.05) is 117 Å². The van der Waals surface area contributed by atoms with Gasteiger partial charge in [0, 0.05) is 6.42 Å². The number of unbranched alkanes of at least 4 members (excludes halogenated alkanes) is 15. The molecule has 3 saturated heterocycles. The molecule has 3 aliphatic heterocycles. The highest BCUT2D eigenvalue weighted by Gasteiger charge is 2.53. The van der Waals surface area contributed by atoms with E-state index in [0.29, 0.717) is 12.8 Å². The molecule has 0 radical (unpaired) electrons. The van der Waals surface area contributed by atoms with Crippen LogP contribution in [-0.2, 0) is 33.2 Å². The molecule has 0 spiro atoms. The van der Waals surface area contributed by atoms with E-state index in [4.69, 9.17) is 28.4 Å². The van der Waals surface area contributed by atoms with Gasteiger partial charge in [0.25, 0.3) is 0 Å². The van der Waals surface area contributed by atoms with Crippen LogP contribution < -0.4 is 5.32 Å². The van der Waals surface area contributed by atoms with Crippen molar-refractivity contribution in [1.82, 2.24) is 5.32 Å². The molecule has 3 heterocycles. The van der Waals surface area contributed by atoms with Crippen molar-refractivity contribution in [2.75, 3.05) is 26.4 Å². The molecule has 3 aliphatic rings. The predicted molar refractivity (Wildman–Crippen MR) is 222 cm³/mol. The first kappa shape index (κ1) is 55.1. The molecule has 0 aliphatic carbocycles. The number of carbonyl (C=O) groups excluding carboxylic acids is 1. The van der Waals surface area contributed by atoms with Gasteiger partial charge in [-0.05, 0) is 12.8 Å². The van der Waals surface area contributed by atoms with Crippen LogP contribution in [0.25, 0.3) is 0 Å². The van der Waals surface area contributed by atoms with Gasteiger partial charge in [-0.3, -0.25) is 4.79 Å². The normalized spacial score (nSPS) is 35.1. The molecule has 19 heteroatoms. The number of aliphatic hydroxyl groups excluding tert-OH is 11. The first-order valence-corrected chi connectivity index (χ1v) is 23.3.